The predicted molar refractivity (Wildman–Crippen MR) is 139 cm³/mol. The number of hydrogen-bond acceptors (Lipinski definition) is 5. The SMILES string of the molecule is [C-]#[N+]c1ccc(-n2c(O)c3c(c2O)C2(CCO[Si](C)(C)C(C)(C)C)OC3(C)[C@@H]3O[C@@H]32)c2ccccc12. The number of rotatable bonds is 5. The maximum absolute atomic E-state index is 11.7. The third-order valence-electron chi connectivity index (χ3n) is 8.91. The van der Waals surface area contributed by atoms with Crippen LogP contribution >= 0.6 is 0 Å². The Kier molecular flexibility index (Phi) is 4.67. The number of fused-ring (bicyclic) bond motifs is 9. The van der Waals surface area contributed by atoms with E-state index in [1.807, 2.05) is 31.2 Å². The van der Waals surface area contributed by atoms with Crippen molar-refractivity contribution in [3.05, 3.63) is 58.9 Å². The Labute approximate surface area is 212 Å². The topological polar surface area (TPSA) is 80.7 Å². The summed E-state index contributed by atoms with van der Waals surface area (Å²) in [5.41, 5.74) is 0.597. The first-order chi connectivity index (χ1) is 16.9. The number of nitrogens with zero attached hydrogens (tertiary/aromatic N) is 2. The fourth-order valence-corrected chi connectivity index (χ4v) is 7.01. The third kappa shape index (κ3) is 2.83. The molecule has 36 heavy (non-hydrogen) atoms. The molecule has 4 heterocycles. The minimum Gasteiger partial charge on any atom is -0.494 e. The maximum Gasteiger partial charge on any atom is 0.205 e. The smallest absolute Gasteiger partial charge is 0.205 e. The number of benzene rings is 2. The molecule has 8 heteroatoms. The van der Waals surface area contributed by atoms with Crippen molar-refractivity contribution in [2.75, 3.05) is 6.61 Å². The van der Waals surface area contributed by atoms with Gasteiger partial charge in [-0.1, -0.05) is 51.1 Å². The molecule has 0 aliphatic carbocycles. The zero-order valence-corrected chi connectivity index (χ0v) is 22.5. The van der Waals surface area contributed by atoms with E-state index < -0.39 is 19.5 Å². The van der Waals surface area contributed by atoms with E-state index in [-0.39, 0.29) is 29.0 Å². The molecule has 2 unspecified atom stereocenters. The lowest BCUT2D eigenvalue weighted by Gasteiger charge is -2.37. The third-order valence-corrected chi connectivity index (χ3v) is 13.4. The van der Waals surface area contributed by atoms with Crippen molar-refractivity contribution in [3.63, 3.8) is 0 Å². The lowest BCUT2D eigenvalue weighted by molar-refractivity contribution is -0.148. The Morgan fingerprint density at radius 1 is 1.06 bits per heavy atom. The second-order valence-electron chi connectivity index (χ2n) is 11.9. The van der Waals surface area contributed by atoms with Gasteiger partial charge in [0.1, 0.15) is 23.4 Å². The van der Waals surface area contributed by atoms with Crippen LogP contribution in [0.3, 0.4) is 0 Å². The zero-order chi connectivity index (χ0) is 25.8. The Hall–Kier alpha value is -2.83. The van der Waals surface area contributed by atoms with E-state index in [2.05, 4.69) is 38.7 Å². The van der Waals surface area contributed by atoms with Crippen LogP contribution in [0.2, 0.25) is 18.1 Å². The number of epoxide rings is 1. The van der Waals surface area contributed by atoms with Gasteiger partial charge in [-0.3, -0.25) is 4.57 Å². The molecule has 0 spiro atoms. The summed E-state index contributed by atoms with van der Waals surface area (Å²) in [4.78, 5) is 3.64. The Bertz CT molecular complexity index is 1470. The lowest BCUT2D eigenvalue weighted by Crippen LogP contribution is -2.42. The number of hydrogen-bond donors (Lipinski definition) is 2. The summed E-state index contributed by atoms with van der Waals surface area (Å²) < 4.78 is 20.7. The van der Waals surface area contributed by atoms with E-state index in [0.717, 1.165) is 10.8 Å². The normalized spacial score (nSPS) is 28.2. The van der Waals surface area contributed by atoms with Crippen molar-refractivity contribution in [1.29, 1.82) is 0 Å². The van der Waals surface area contributed by atoms with E-state index in [4.69, 9.17) is 20.5 Å². The molecule has 0 saturated carbocycles. The van der Waals surface area contributed by atoms with Gasteiger partial charge in [0.05, 0.1) is 23.4 Å². The summed E-state index contributed by atoms with van der Waals surface area (Å²) in [6.07, 6.45) is 0.179. The Morgan fingerprint density at radius 3 is 2.39 bits per heavy atom. The molecule has 3 aromatic rings. The molecule has 4 atom stereocenters. The van der Waals surface area contributed by atoms with Crippen LogP contribution in [0.1, 0.15) is 45.2 Å². The monoisotopic (exact) mass is 504 g/mol. The van der Waals surface area contributed by atoms with E-state index in [0.29, 0.717) is 35.5 Å². The molecular formula is C28H32N2O5Si. The summed E-state index contributed by atoms with van der Waals surface area (Å²) in [5.74, 6) is -0.0972. The van der Waals surface area contributed by atoms with Gasteiger partial charge in [-0.05, 0) is 41.9 Å². The van der Waals surface area contributed by atoms with E-state index in [1.165, 1.54) is 4.57 Å². The molecule has 188 valence electrons. The van der Waals surface area contributed by atoms with Crippen LogP contribution in [0.4, 0.5) is 5.69 Å². The Morgan fingerprint density at radius 2 is 1.72 bits per heavy atom. The fourth-order valence-electron chi connectivity index (χ4n) is 5.97. The quantitative estimate of drug-likeness (QED) is 0.245. The zero-order valence-electron chi connectivity index (χ0n) is 21.5. The van der Waals surface area contributed by atoms with Gasteiger partial charge in [0, 0.05) is 13.0 Å². The second kappa shape index (κ2) is 7.14. The highest BCUT2D eigenvalue weighted by Gasteiger charge is 2.79. The minimum atomic E-state index is -1.98. The van der Waals surface area contributed by atoms with Crippen molar-refractivity contribution < 1.29 is 24.1 Å². The molecule has 7 nitrogen and oxygen atoms in total. The van der Waals surface area contributed by atoms with Crippen molar-refractivity contribution >= 4 is 24.8 Å². The summed E-state index contributed by atoms with van der Waals surface area (Å²) >= 11 is 0. The first-order valence-corrected chi connectivity index (χ1v) is 15.3. The summed E-state index contributed by atoms with van der Waals surface area (Å²) in [6.45, 7) is 21.0. The van der Waals surface area contributed by atoms with E-state index in [1.54, 1.807) is 12.1 Å². The molecule has 1 aromatic heterocycles. The second-order valence-corrected chi connectivity index (χ2v) is 16.7. The van der Waals surface area contributed by atoms with Crippen LogP contribution in [-0.2, 0) is 25.1 Å². The molecule has 3 aliphatic heterocycles. The van der Waals surface area contributed by atoms with Gasteiger partial charge in [0.15, 0.2) is 14.0 Å². The average Bonchev–Trinajstić information content (AvgIpc) is 3.48. The van der Waals surface area contributed by atoms with Crippen LogP contribution in [0, 0.1) is 6.57 Å². The van der Waals surface area contributed by atoms with Crippen LogP contribution in [0.15, 0.2) is 36.4 Å². The van der Waals surface area contributed by atoms with Gasteiger partial charge < -0.3 is 24.1 Å². The van der Waals surface area contributed by atoms with Crippen molar-refractivity contribution in [2.45, 2.75) is 75.7 Å². The van der Waals surface area contributed by atoms with Gasteiger partial charge in [-0.15, -0.1) is 0 Å². The molecule has 0 amide bonds. The molecule has 0 radical (unpaired) electrons. The van der Waals surface area contributed by atoms with Crippen molar-refractivity contribution in [1.82, 2.24) is 4.57 Å². The summed E-state index contributed by atoms with van der Waals surface area (Å²) in [6, 6.07) is 11.1. The number of aromatic hydroxyl groups is 2. The molecular weight excluding hydrogens is 472 g/mol. The molecule has 2 fully saturated rings. The molecule has 6 rings (SSSR count). The molecule has 2 N–H and O–H groups in total. The summed E-state index contributed by atoms with van der Waals surface area (Å²) in [5, 5.41) is 24.9. The molecule has 3 aliphatic rings. The van der Waals surface area contributed by atoms with Gasteiger partial charge in [-0.25, -0.2) is 4.85 Å². The van der Waals surface area contributed by atoms with Gasteiger partial charge in [-0.2, -0.15) is 0 Å². The Balaban J connectivity index is 1.47. The molecule has 2 bridgehead atoms. The van der Waals surface area contributed by atoms with Gasteiger partial charge in [0.25, 0.3) is 0 Å². The van der Waals surface area contributed by atoms with Crippen LogP contribution in [0.25, 0.3) is 21.3 Å². The largest absolute Gasteiger partial charge is 0.494 e. The molecule has 2 saturated heterocycles. The van der Waals surface area contributed by atoms with Gasteiger partial charge in [0.2, 0.25) is 11.8 Å². The minimum absolute atomic E-state index is 0.0479. The van der Waals surface area contributed by atoms with Gasteiger partial charge >= 0.3 is 0 Å². The van der Waals surface area contributed by atoms with Crippen LogP contribution < -0.4 is 0 Å². The first kappa shape index (κ1) is 23.6. The highest BCUT2D eigenvalue weighted by Crippen LogP contribution is 2.72. The van der Waals surface area contributed by atoms with Crippen LogP contribution in [-0.4, -0.2) is 41.9 Å². The van der Waals surface area contributed by atoms with Crippen LogP contribution in [0.5, 0.6) is 11.8 Å². The summed E-state index contributed by atoms with van der Waals surface area (Å²) in [7, 11) is -1.98. The maximum atomic E-state index is 11.7. The fraction of sp³-hybridized carbons (Fsp3) is 0.464. The first-order valence-electron chi connectivity index (χ1n) is 12.4. The lowest BCUT2D eigenvalue weighted by atomic mass is 9.78. The standard InChI is InChI=1S/C28H32N2O5Si/c1-26(2,3)36(6,7)33-15-14-28-21-20(27(4,35-28)22-23(28)34-22)24(31)30(25(21)32)19-13-12-18(29-5)16-10-8-9-11-17(16)19/h8-13,22-23,31-32H,14-15H2,1-4,6-7H3/t22-,23+,27?,28?/m1/s1. The van der Waals surface area contributed by atoms with E-state index in [9.17, 15) is 10.2 Å². The predicted octanol–water partition coefficient (Wildman–Crippen LogP) is 6.23. The molecule has 2 aromatic carbocycles. The number of ether oxygens (including phenoxy) is 2. The highest BCUT2D eigenvalue weighted by molar-refractivity contribution is 6.74. The van der Waals surface area contributed by atoms with E-state index >= 15 is 0 Å². The van der Waals surface area contributed by atoms with Crippen molar-refractivity contribution in [2.24, 2.45) is 0 Å². The highest BCUT2D eigenvalue weighted by atomic mass is 28.4. The van der Waals surface area contributed by atoms with Crippen molar-refractivity contribution in [3.8, 4) is 17.4 Å². The average molecular weight is 505 g/mol. The number of aromatic nitrogens is 1.